The number of ether oxygens (including phenoxy) is 1. The van der Waals surface area contributed by atoms with Crippen molar-refractivity contribution in [2.75, 3.05) is 13.2 Å². The van der Waals surface area contributed by atoms with Crippen molar-refractivity contribution < 1.29 is 9.53 Å². The molecule has 15 heavy (non-hydrogen) atoms. The average molecular weight is 205 g/mol. The fraction of sp³-hybridized carbons (Fsp3) is 0.417. The quantitative estimate of drug-likeness (QED) is 0.757. The Bertz CT molecular complexity index is 362. The fourth-order valence-corrected chi connectivity index (χ4v) is 1.83. The monoisotopic (exact) mass is 205 g/mol. The Morgan fingerprint density at radius 1 is 1.33 bits per heavy atom. The van der Waals surface area contributed by atoms with E-state index in [9.17, 15) is 4.79 Å². The Labute approximate surface area is 89.7 Å². The summed E-state index contributed by atoms with van der Waals surface area (Å²) >= 11 is 0. The maximum Gasteiger partial charge on any atom is 0.410 e. The second-order valence-electron chi connectivity index (χ2n) is 3.66. The molecule has 1 aliphatic rings. The lowest BCUT2D eigenvalue weighted by atomic mass is 10.1. The predicted octanol–water partition coefficient (Wildman–Crippen LogP) is 2.20. The highest BCUT2D eigenvalue weighted by atomic mass is 16.6. The topological polar surface area (TPSA) is 29.5 Å². The van der Waals surface area contributed by atoms with Crippen LogP contribution in [-0.2, 0) is 17.7 Å². The molecule has 1 amide bonds. The van der Waals surface area contributed by atoms with Gasteiger partial charge in [0.1, 0.15) is 6.61 Å². The van der Waals surface area contributed by atoms with E-state index in [1.54, 1.807) is 4.90 Å². The second-order valence-corrected chi connectivity index (χ2v) is 3.66. The fourth-order valence-electron chi connectivity index (χ4n) is 1.83. The maximum atomic E-state index is 11.3. The molecule has 0 saturated carbocycles. The zero-order valence-corrected chi connectivity index (χ0v) is 8.90. The van der Waals surface area contributed by atoms with Crippen LogP contribution in [0.15, 0.2) is 24.3 Å². The van der Waals surface area contributed by atoms with E-state index in [1.807, 2.05) is 12.1 Å². The number of carbonyl (C=O) groups is 1. The van der Waals surface area contributed by atoms with Gasteiger partial charge >= 0.3 is 6.09 Å². The zero-order valence-electron chi connectivity index (χ0n) is 8.90. The van der Waals surface area contributed by atoms with Gasteiger partial charge in [-0.15, -0.1) is 0 Å². The van der Waals surface area contributed by atoms with Crippen LogP contribution in [0, 0.1) is 0 Å². The summed E-state index contributed by atoms with van der Waals surface area (Å²) in [4.78, 5) is 13.0. The van der Waals surface area contributed by atoms with Gasteiger partial charge in [0, 0.05) is 6.54 Å². The molecular weight excluding hydrogens is 190 g/mol. The molecule has 1 aromatic rings. The van der Waals surface area contributed by atoms with Crippen LogP contribution >= 0.6 is 0 Å². The third-order valence-electron chi connectivity index (χ3n) is 2.71. The summed E-state index contributed by atoms with van der Waals surface area (Å²) in [6, 6.07) is 8.22. The summed E-state index contributed by atoms with van der Waals surface area (Å²) in [7, 11) is 0. The SMILES string of the molecule is CCc1ccccc1CN1CCOC1=O. The molecule has 80 valence electrons. The van der Waals surface area contributed by atoms with Crippen molar-refractivity contribution in [2.24, 2.45) is 0 Å². The maximum absolute atomic E-state index is 11.3. The number of hydrogen-bond donors (Lipinski definition) is 0. The van der Waals surface area contributed by atoms with Gasteiger partial charge in [-0.3, -0.25) is 0 Å². The summed E-state index contributed by atoms with van der Waals surface area (Å²) in [6.07, 6.45) is 0.805. The van der Waals surface area contributed by atoms with Crippen molar-refractivity contribution in [2.45, 2.75) is 19.9 Å². The molecular formula is C12H15NO2. The molecule has 0 unspecified atom stereocenters. The van der Waals surface area contributed by atoms with Crippen LogP contribution < -0.4 is 0 Å². The van der Waals surface area contributed by atoms with Crippen molar-refractivity contribution in [3.8, 4) is 0 Å². The molecule has 0 atom stereocenters. The first-order valence-corrected chi connectivity index (χ1v) is 5.29. The van der Waals surface area contributed by atoms with Crippen molar-refractivity contribution in [3.05, 3.63) is 35.4 Å². The van der Waals surface area contributed by atoms with Crippen molar-refractivity contribution in [1.29, 1.82) is 0 Å². The van der Waals surface area contributed by atoms with E-state index in [0.717, 1.165) is 6.42 Å². The Kier molecular flexibility index (Phi) is 2.90. The summed E-state index contributed by atoms with van der Waals surface area (Å²) in [6.45, 7) is 4.02. The predicted molar refractivity (Wildman–Crippen MR) is 57.6 cm³/mol. The van der Waals surface area contributed by atoms with E-state index in [-0.39, 0.29) is 6.09 Å². The van der Waals surface area contributed by atoms with Gasteiger partial charge in [-0.1, -0.05) is 31.2 Å². The molecule has 0 aliphatic carbocycles. The standard InChI is InChI=1S/C12H15NO2/c1-2-10-5-3-4-6-11(10)9-13-7-8-15-12(13)14/h3-6H,2,7-9H2,1H3. The average Bonchev–Trinajstić information content (AvgIpc) is 2.65. The molecule has 3 nitrogen and oxygen atoms in total. The molecule has 0 aromatic heterocycles. The van der Waals surface area contributed by atoms with Gasteiger partial charge in [-0.25, -0.2) is 4.79 Å². The highest BCUT2D eigenvalue weighted by Gasteiger charge is 2.22. The molecule has 1 fully saturated rings. The molecule has 1 saturated heterocycles. The van der Waals surface area contributed by atoms with Gasteiger partial charge in [0.05, 0.1) is 6.54 Å². The third-order valence-corrected chi connectivity index (χ3v) is 2.71. The summed E-state index contributed by atoms with van der Waals surface area (Å²) in [5.41, 5.74) is 2.52. The van der Waals surface area contributed by atoms with E-state index in [4.69, 9.17) is 4.74 Å². The van der Waals surface area contributed by atoms with Crippen LogP contribution in [0.5, 0.6) is 0 Å². The van der Waals surface area contributed by atoms with Crippen LogP contribution in [0.1, 0.15) is 18.1 Å². The highest BCUT2D eigenvalue weighted by Crippen LogP contribution is 2.14. The number of benzene rings is 1. The molecule has 0 N–H and O–H groups in total. The van der Waals surface area contributed by atoms with E-state index in [0.29, 0.717) is 19.7 Å². The molecule has 1 aromatic carbocycles. The molecule has 0 radical (unpaired) electrons. The Morgan fingerprint density at radius 3 is 2.67 bits per heavy atom. The number of carbonyl (C=O) groups excluding carboxylic acids is 1. The Hall–Kier alpha value is -1.51. The van der Waals surface area contributed by atoms with Gasteiger partial charge in [0.25, 0.3) is 0 Å². The first-order valence-electron chi connectivity index (χ1n) is 5.29. The lowest BCUT2D eigenvalue weighted by molar-refractivity contribution is 0.157. The molecule has 1 aliphatic heterocycles. The summed E-state index contributed by atoms with van der Waals surface area (Å²) in [5.74, 6) is 0. The normalized spacial score (nSPS) is 15.5. The van der Waals surface area contributed by atoms with E-state index in [2.05, 4.69) is 19.1 Å². The molecule has 0 bridgehead atoms. The van der Waals surface area contributed by atoms with Gasteiger partial charge in [-0.2, -0.15) is 0 Å². The van der Waals surface area contributed by atoms with Crippen LogP contribution in [0.25, 0.3) is 0 Å². The zero-order chi connectivity index (χ0) is 10.7. The van der Waals surface area contributed by atoms with E-state index in [1.165, 1.54) is 11.1 Å². The minimum Gasteiger partial charge on any atom is -0.448 e. The first-order chi connectivity index (χ1) is 7.31. The van der Waals surface area contributed by atoms with Crippen molar-refractivity contribution in [3.63, 3.8) is 0 Å². The molecule has 2 rings (SSSR count). The minimum absolute atomic E-state index is 0.194. The lowest BCUT2D eigenvalue weighted by Crippen LogP contribution is -2.24. The Morgan fingerprint density at radius 2 is 2.07 bits per heavy atom. The molecule has 3 heteroatoms. The summed E-state index contributed by atoms with van der Waals surface area (Å²) < 4.78 is 4.90. The van der Waals surface area contributed by atoms with Crippen LogP contribution in [0.2, 0.25) is 0 Å². The van der Waals surface area contributed by atoms with Crippen LogP contribution in [-0.4, -0.2) is 24.1 Å². The van der Waals surface area contributed by atoms with E-state index >= 15 is 0 Å². The number of amides is 1. The number of nitrogens with zero attached hydrogens (tertiary/aromatic N) is 1. The smallest absolute Gasteiger partial charge is 0.410 e. The van der Waals surface area contributed by atoms with Crippen molar-refractivity contribution in [1.82, 2.24) is 4.90 Å². The summed E-state index contributed by atoms with van der Waals surface area (Å²) in [5, 5.41) is 0. The number of aryl methyl sites for hydroxylation is 1. The minimum atomic E-state index is -0.194. The van der Waals surface area contributed by atoms with Gasteiger partial charge in [-0.05, 0) is 17.5 Å². The molecule has 0 spiro atoms. The second kappa shape index (κ2) is 4.34. The third kappa shape index (κ3) is 2.12. The van der Waals surface area contributed by atoms with E-state index < -0.39 is 0 Å². The lowest BCUT2D eigenvalue weighted by Gasteiger charge is -2.14. The van der Waals surface area contributed by atoms with Crippen molar-refractivity contribution >= 4 is 6.09 Å². The van der Waals surface area contributed by atoms with Gasteiger partial charge < -0.3 is 9.64 Å². The molecule has 1 heterocycles. The number of cyclic esters (lactones) is 1. The van der Waals surface area contributed by atoms with Crippen LogP contribution in [0.4, 0.5) is 4.79 Å². The number of rotatable bonds is 3. The van der Waals surface area contributed by atoms with Gasteiger partial charge in [0.15, 0.2) is 0 Å². The van der Waals surface area contributed by atoms with Crippen LogP contribution in [0.3, 0.4) is 0 Å². The largest absolute Gasteiger partial charge is 0.448 e. The Balaban J connectivity index is 2.12. The number of hydrogen-bond acceptors (Lipinski definition) is 2. The highest BCUT2D eigenvalue weighted by molar-refractivity contribution is 5.69. The first kappa shape index (κ1) is 10.0. The van der Waals surface area contributed by atoms with Gasteiger partial charge in [0.2, 0.25) is 0 Å².